The minimum atomic E-state index is -0.121. The van der Waals surface area contributed by atoms with Gasteiger partial charge < -0.3 is 9.72 Å². The lowest BCUT2D eigenvalue weighted by atomic mass is 10.1. The lowest BCUT2D eigenvalue weighted by molar-refractivity contribution is 0.309. The molecule has 0 radical (unpaired) electrons. The Morgan fingerprint density at radius 1 is 1.00 bits per heavy atom. The van der Waals surface area contributed by atoms with Crippen LogP contribution in [-0.4, -0.2) is 4.98 Å². The molecule has 0 aliphatic rings. The minimum absolute atomic E-state index is 0.121. The number of ether oxygens (including phenoxy) is 1. The third-order valence-corrected chi connectivity index (χ3v) is 3.24. The highest BCUT2D eigenvalue weighted by atomic mass is 16.5. The molecule has 2 aromatic carbocycles. The third-order valence-electron chi connectivity index (χ3n) is 3.24. The van der Waals surface area contributed by atoms with E-state index in [1.807, 2.05) is 30.3 Å². The van der Waals surface area contributed by atoms with Crippen molar-refractivity contribution in [1.82, 2.24) is 4.98 Å². The average Bonchev–Trinajstić information content (AvgIpc) is 2.47. The fourth-order valence-corrected chi connectivity index (χ4v) is 2.12. The van der Waals surface area contributed by atoms with Crippen molar-refractivity contribution < 1.29 is 4.74 Å². The monoisotopic (exact) mass is 265 g/mol. The van der Waals surface area contributed by atoms with E-state index in [0.29, 0.717) is 12.4 Å². The van der Waals surface area contributed by atoms with Gasteiger partial charge in [0.2, 0.25) is 5.56 Å². The quantitative estimate of drug-likeness (QED) is 0.788. The van der Waals surface area contributed by atoms with Gasteiger partial charge in [-0.3, -0.25) is 4.79 Å². The number of H-pyrrole nitrogens is 1. The van der Waals surface area contributed by atoms with Crippen LogP contribution < -0.4 is 10.3 Å². The summed E-state index contributed by atoms with van der Waals surface area (Å²) in [5.41, 5.74) is 2.95. The van der Waals surface area contributed by atoms with E-state index < -0.39 is 0 Å². The summed E-state index contributed by atoms with van der Waals surface area (Å²) >= 11 is 0. The molecular formula is C17H15NO2. The fraction of sp³-hybridized carbons (Fsp3) is 0.118. The van der Waals surface area contributed by atoms with Crippen LogP contribution in [0, 0.1) is 6.92 Å². The number of hydrogen-bond donors (Lipinski definition) is 1. The average molecular weight is 265 g/mol. The van der Waals surface area contributed by atoms with Crippen LogP contribution in [0.1, 0.15) is 11.1 Å². The van der Waals surface area contributed by atoms with Crippen molar-refractivity contribution in [3.8, 4) is 5.75 Å². The lowest BCUT2D eigenvalue weighted by Crippen LogP contribution is -2.04. The van der Waals surface area contributed by atoms with Crippen molar-refractivity contribution >= 4 is 10.9 Å². The van der Waals surface area contributed by atoms with E-state index >= 15 is 0 Å². The Hall–Kier alpha value is -2.55. The Bertz CT molecular complexity index is 788. The van der Waals surface area contributed by atoms with Crippen LogP contribution in [0.2, 0.25) is 0 Å². The van der Waals surface area contributed by atoms with Crippen LogP contribution in [-0.2, 0) is 6.61 Å². The summed E-state index contributed by atoms with van der Waals surface area (Å²) in [6.45, 7) is 2.54. The van der Waals surface area contributed by atoms with Crippen molar-refractivity contribution in [3.63, 3.8) is 0 Å². The van der Waals surface area contributed by atoms with E-state index in [-0.39, 0.29) is 5.56 Å². The molecule has 3 aromatic rings. The highest BCUT2D eigenvalue weighted by Gasteiger charge is 2.03. The van der Waals surface area contributed by atoms with Gasteiger partial charge in [-0.2, -0.15) is 0 Å². The molecule has 0 spiro atoms. The van der Waals surface area contributed by atoms with Crippen LogP contribution in [0.3, 0.4) is 0 Å². The molecular weight excluding hydrogens is 250 g/mol. The number of aryl methyl sites for hydroxylation is 1. The molecule has 0 atom stereocenters. The van der Waals surface area contributed by atoms with Crippen molar-refractivity contribution in [3.05, 3.63) is 76.1 Å². The molecule has 0 fully saturated rings. The number of aromatic amines is 1. The first kappa shape index (κ1) is 12.5. The van der Waals surface area contributed by atoms with Crippen molar-refractivity contribution in [2.75, 3.05) is 0 Å². The Morgan fingerprint density at radius 2 is 1.80 bits per heavy atom. The predicted octanol–water partition coefficient (Wildman–Crippen LogP) is 3.42. The number of fused-ring (bicyclic) bond motifs is 1. The number of aromatic nitrogens is 1. The summed E-state index contributed by atoms with van der Waals surface area (Å²) in [6, 6.07) is 17.3. The molecule has 0 amide bonds. The Morgan fingerprint density at radius 3 is 2.60 bits per heavy atom. The summed E-state index contributed by atoms with van der Waals surface area (Å²) in [5, 5.41) is 0.964. The van der Waals surface area contributed by atoms with E-state index in [9.17, 15) is 4.79 Å². The number of rotatable bonds is 3. The molecule has 0 unspecified atom stereocenters. The maximum Gasteiger partial charge on any atom is 0.248 e. The van der Waals surface area contributed by atoms with Crippen LogP contribution in [0.4, 0.5) is 0 Å². The largest absolute Gasteiger partial charge is 0.487 e. The molecule has 3 rings (SSSR count). The normalized spacial score (nSPS) is 10.7. The Balaban J connectivity index is 1.89. The van der Waals surface area contributed by atoms with Crippen LogP contribution in [0.25, 0.3) is 10.9 Å². The van der Waals surface area contributed by atoms with Gasteiger partial charge in [-0.05, 0) is 24.6 Å². The van der Waals surface area contributed by atoms with E-state index in [1.54, 1.807) is 6.07 Å². The van der Waals surface area contributed by atoms with Gasteiger partial charge in [0.05, 0.1) is 5.52 Å². The lowest BCUT2D eigenvalue weighted by Gasteiger charge is -2.09. The highest BCUT2D eigenvalue weighted by molar-refractivity contribution is 5.84. The van der Waals surface area contributed by atoms with Gasteiger partial charge in [0, 0.05) is 11.5 Å². The summed E-state index contributed by atoms with van der Waals surface area (Å²) in [7, 11) is 0. The van der Waals surface area contributed by atoms with E-state index in [2.05, 4.69) is 24.0 Å². The molecule has 3 nitrogen and oxygen atoms in total. The number of benzene rings is 2. The van der Waals surface area contributed by atoms with Gasteiger partial charge in [0.25, 0.3) is 0 Å². The van der Waals surface area contributed by atoms with E-state index in [4.69, 9.17) is 4.74 Å². The molecule has 1 heterocycles. The first-order valence-electron chi connectivity index (χ1n) is 6.53. The molecule has 0 aliphatic carbocycles. The van der Waals surface area contributed by atoms with E-state index in [1.165, 1.54) is 11.6 Å². The van der Waals surface area contributed by atoms with Gasteiger partial charge >= 0.3 is 0 Å². The zero-order chi connectivity index (χ0) is 13.9. The van der Waals surface area contributed by atoms with Crippen LogP contribution >= 0.6 is 0 Å². The van der Waals surface area contributed by atoms with Crippen LogP contribution in [0.5, 0.6) is 5.75 Å². The topological polar surface area (TPSA) is 42.1 Å². The van der Waals surface area contributed by atoms with Crippen LogP contribution in [0.15, 0.2) is 59.4 Å². The van der Waals surface area contributed by atoms with Gasteiger partial charge in [-0.15, -0.1) is 0 Å². The molecule has 0 bridgehead atoms. The second kappa shape index (κ2) is 5.21. The standard InChI is InChI=1S/C17H15NO2/c1-12-5-7-13(8-6-12)11-20-15-4-2-3-14-9-10-16(19)18-17(14)15/h2-10H,11H2,1H3,(H,18,19). The van der Waals surface area contributed by atoms with Gasteiger partial charge in [0.15, 0.2) is 0 Å². The van der Waals surface area contributed by atoms with E-state index in [0.717, 1.165) is 16.5 Å². The molecule has 0 saturated heterocycles. The Kier molecular flexibility index (Phi) is 3.25. The number of hydrogen-bond acceptors (Lipinski definition) is 2. The first-order chi connectivity index (χ1) is 9.72. The molecule has 100 valence electrons. The third kappa shape index (κ3) is 2.57. The van der Waals surface area contributed by atoms with Gasteiger partial charge in [-0.1, -0.05) is 42.0 Å². The summed E-state index contributed by atoms with van der Waals surface area (Å²) in [4.78, 5) is 14.3. The molecule has 0 saturated carbocycles. The molecule has 3 heteroatoms. The number of nitrogens with one attached hydrogen (secondary N) is 1. The second-order valence-corrected chi connectivity index (χ2v) is 4.82. The summed E-state index contributed by atoms with van der Waals surface area (Å²) < 4.78 is 5.83. The summed E-state index contributed by atoms with van der Waals surface area (Å²) in [5.74, 6) is 0.695. The number of pyridine rings is 1. The van der Waals surface area contributed by atoms with Gasteiger partial charge in [0.1, 0.15) is 12.4 Å². The minimum Gasteiger partial charge on any atom is -0.487 e. The van der Waals surface area contributed by atoms with Crippen molar-refractivity contribution in [2.45, 2.75) is 13.5 Å². The predicted molar refractivity (Wildman–Crippen MR) is 80.1 cm³/mol. The maximum atomic E-state index is 11.4. The molecule has 20 heavy (non-hydrogen) atoms. The number of para-hydroxylation sites is 1. The zero-order valence-corrected chi connectivity index (χ0v) is 11.2. The summed E-state index contributed by atoms with van der Waals surface area (Å²) in [6.07, 6.45) is 0. The second-order valence-electron chi connectivity index (χ2n) is 4.82. The zero-order valence-electron chi connectivity index (χ0n) is 11.2. The highest BCUT2D eigenvalue weighted by Crippen LogP contribution is 2.23. The molecule has 1 N–H and O–H groups in total. The smallest absolute Gasteiger partial charge is 0.248 e. The van der Waals surface area contributed by atoms with Crippen molar-refractivity contribution in [2.24, 2.45) is 0 Å². The first-order valence-corrected chi connectivity index (χ1v) is 6.53. The SMILES string of the molecule is Cc1ccc(COc2cccc3ccc(=O)[nH]c23)cc1. The molecule has 1 aromatic heterocycles. The maximum absolute atomic E-state index is 11.4. The fourth-order valence-electron chi connectivity index (χ4n) is 2.12. The Labute approximate surface area is 116 Å². The molecule has 0 aliphatic heterocycles. The van der Waals surface area contributed by atoms with Gasteiger partial charge in [-0.25, -0.2) is 0 Å². The van der Waals surface area contributed by atoms with Crippen molar-refractivity contribution in [1.29, 1.82) is 0 Å².